The fraction of sp³-hybridized carbons (Fsp3) is 0.811. The van der Waals surface area contributed by atoms with Crippen LogP contribution in [0.5, 0.6) is 5.75 Å². The number of carbonyl (C=O) groups is 1. The Labute approximate surface area is 256 Å². The molecule has 5 heteroatoms. The van der Waals surface area contributed by atoms with Crippen molar-refractivity contribution in [2.75, 3.05) is 19.8 Å². The lowest BCUT2D eigenvalue weighted by Gasteiger charge is -2.47. The largest absolute Gasteiger partial charge is 0.494 e. The van der Waals surface area contributed by atoms with Gasteiger partial charge in [0.15, 0.2) is 5.79 Å². The lowest BCUT2D eigenvalue weighted by atomic mass is 9.57. The van der Waals surface area contributed by atoms with E-state index in [4.69, 9.17) is 9.47 Å². The number of aliphatic hydroxyl groups is 1. The number of rotatable bonds is 14. The van der Waals surface area contributed by atoms with Crippen LogP contribution in [0.4, 0.5) is 0 Å². The molecular weight excluding hydrogens is 522 g/mol. The van der Waals surface area contributed by atoms with E-state index in [0.717, 1.165) is 82.9 Å². The molecule has 3 aliphatic carbocycles. The number of carbonyl (C=O) groups excluding carboxylic acids is 1. The molecule has 5 nitrogen and oxygen atoms in total. The van der Waals surface area contributed by atoms with Crippen LogP contribution < -0.4 is 10.1 Å². The molecule has 8 unspecified atom stereocenters. The van der Waals surface area contributed by atoms with Gasteiger partial charge in [-0.25, -0.2) is 0 Å². The van der Waals surface area contributed by atoms with Crippen molar-refractivity contribution < 1.29 is 19.4 Å². The van der Waals surface area contributed by atoms with Crippen LogP contribution in [0.2, 0.25) is 0 Å². The minimum atomic E-state index is -0.953. The fourth-order valence-corrected chi connectivity index (χ4v) is 8.73. The summed E-state index contributed by atoms with van der Waals surface area (Å²) in [5.74, 6) is 3.79. The highest BCUT2D eigenvalue weighted by Crippen LogP contribution is 2.58. The summed E-state index contributed by atoms with van der Waals surface area (Å²) >= 11 is 0. The molecule has 0 aliphatic heterocycles. The van der Waals surface area contributed by atoms with Crippen LogP contribution in [0.15, 0.2) is 24.3 Å². The molecule has 4 rings (SSSR count). The SMILES string of the molecule is CCOC1(O)CCC(C)C(CCC2C(C)CCC3(CCOc4cccc(C(C)(CC)NCC(C)C)c4)C(=O)CCC23)C1. The van der Waals surface area contributed by atoms with Gasteiger partial charge in [-0.2, -0.15) is 0 Å². The van der Waals surface area contributed by atoms with Crippen molar-refractivity contribution in [2.24, 2.45) is 40.9 Å². The van der Waals surface area contributed by atoms with Gasteiger partial charge in [-0.05, 0) is 125 Å². The molecule has 0 heterocycles. The van der Waals surface area contributed by atoms with Gasteiger partial charge in [0.05, 0.1) is 6.61 Å². The molecule has 238 valence electrons. The standard InChI is InChI=1S/C37H61NO4/c1-8-35(7,38-25-26(3)4)30-11-10-12-31(23-30)41-22-21-36-19-17-28(6)32(33(36)15-16-34(36)39)14-13-29-24-37(40,42-9-2)20-18-27(29)5/h10-12,23,26-29,32-33,38,40H,8-9,13-22,24-25H2,1-7H3. The quantitative estimate of drug-likeness (QED) is 0.216. The van der Waals surface area contributed by atoms with Crippen molar-refractivity contribution in [1.29, 1.82) is 0 Å². The first-order valence-corrected chi connectivity index (χ1v) is 17.3. The number of hydrogen-bond donors (Lipinski definition) is 2. The molecule has 3 aliphatic rings. The van der Waals surface area contributed by atoms with Gasteiger partial charge in [-0.3, -0.25) is 4.79 Å². The first-order chi connectivity index (χ1) is 19.9. The molecule has 0 radical (unpaired) electrons. The van der Waals surface area contributed by atoms with E-state index in [1.54, 1.807) is 0 Å². The van der Waals surface area contributed by atoms with Gasteiger partial charge in [0.1, 0.15) is 11.5 Å². The summed E-state index contributed by atoms with van der Waals surface area (Å²) in [4.78, 5) is 13.6. The Morgan fingerprint density at radius 3 is 2.57 bits per heavy atom. The van der Waals surface area contributed by atoms with Crippen molar-refractivity contribution in [2.45, 2.75) is 130 Å². The Bertz CT molecular complexity index is 1030. The summed E-state index contributed by atoms with van der Waals surface area (Å²) in [5.41, 5.74) is 0.946. The van der Waals surface area contributed by atoms with Crippen LogP contribution >= 0.6 is 0 Å². The van der Waals surface area contributed by atoms with Gasteiger partial charge in [-0.15, -0.1) is 0 Å². The molecule has 0 amide bonds. The van der Waals surface area contributed by atoms with Gasteiger partial charge in [0, 0.05) is 36.8 Å². The van der Waals surface area contributed by atoms with Crippen LogP contribution in [0.25, 0.3) is 0 Å². The van der Waals surface area contributed by atoms with Crippen molar-refractivity contribution in [3.05, 3.63) is 29.8 Å². The second kappa shape index (κ2) is 14.1. The molecule has 2 N–H and O–H groups in total. The van der Waals surface area contributed by atoms with E-state index < -0.39 is 5.79 Å². The predicted octanol–water partition coefficient (Wildman–Crippen LogP) is 8.28. The van der Waals surface area contributed by atoms with E-state index in [0.29, 0.717) is 54.5 Å². The van der Waals surface area contributed by atoms with E-state index in [-0.39, 0.29) is 11.0 Å². The first-order valence-electron chi connectivity index (χ1n) is 17.3. The molecule has 3 saturated carbocycles. The molecule has 0 aromatic heterocycles. The lowest BCUT2D eigenvalue weighted by Crippen LogP contribution is -2.44. The Morgan fingerprint density at radius 2 is 1.86 bits per heavy atom. The van der Waals surface area contributed by atoms with Crippen LogP contribution in [0.3, 0.4) is 0 Å². The zero-order valence-electron chi connectivity index (χ0n) is 27.8. The van der Waals surface area contributed by atoms with E-state index in [9.17, 15) is 9.90 Å². The van der Waals surface area contributed by atoms with Crippen LogP contribution in [-0.4, -0.2) is 36.4 Å². The van der Waals surface area contributed by atoms with E-state index in [1.807, 2.05) is 6.92 Å². The number of Topliss-reactive ketones (excluding diaryl/α,β-unsaturated/α-hetero) is 1. The predicted molar refractivity (Wildman–Crippen MR) is 171 cm³/mol. The third kappa shape index (κ3) is 7.44. The van der Waals surface area contributed by atoms with E-state index >= 15 is 0 Å². The monoisotopic (exact) mass is 583 g/mol. The van der Waals surface area contributed by atoms with Gasteiger partial charge < -0.3 is 19.9 Å². The zero-order valence-corrected chi connectivity index (χ0v) is 27.8. The van der Waals surface area contributed by atoms with Crippen molar-refractivity contribution in [1.82, 2.24) is 5.32 Å². The molecule has 0 saturated heterocycles. The number of hydrogen-bond acceptors (Lipinski definition) is 5. The second-order valence-electron chi connectivity index (χ2n) is 14.9. The molecule has 0 spiro atoms. The molecular formula is C37H61NO4. The summed E-state index contributed by atoms with van der Waals surface area (Å²) in [6.45, 7) is 17.9. The normalized spacial score (nSPS) is 34.8. The molecule has 3 fully saturated rings. The molecule has 1 aromatic rings. The number of benzene rings is 1. The van der Waals surface area contributed by atoms with Crippen molar-refractivity contribution in [3.63, 3.8) is 0 Å². The lowest BCUT2D eigenvalue weighted by molar-refractivity contribution is -0.232. The Hall–Kier alpha value is -1.43. The van der Waals surface area contributed by atoms with Gasteiger partial charge in [0.2, 0.25) is 0 Å². The summed E-state index contributed by atoms with van der Waals surface area (Å²) in [6.07, 6.45) is 10.5. The highest BCUT2D eigenvalue weighted by molar-refractivity contribution is 5.87. The molecule has 42 heavy (non-hydrogen) atoms. The smallest absolute Gasteiger partial charge is 0.165 e. The zero-order chi connectivity index (χ0) is 30.5. The van der Waals surface area contributed by atoms with E-state index in [1.165, 1.54) is 5.56 Å². The molecule has 8 atom stereocenters. The highest BCUT2D eigenvalue weighted by atomic mass is 16.6. The Kier molecular flexibility index (Phi) is 11.2. The third-order valence-electron chi connectivity index (χ3n) is 11.8. The van der Waals surface area contributed by atoms with Crippen molar-refractivity contribution >= 4 is 5.78 Å². The minimum absolute atomic E-state index is 0.0875. The van der Waals surface area contributed by atoms with Gasteiger partial charge >= 0.3 is 0 Å². The van der Waals surface area contributed by atoms with Gasteiger partial charge in [-0.1, -0.05) is 46.8 Å². The van der Waals surface area contributed by atoms with Crippen LogP contribution in [0, 0.1) is 40.9 Å². The molecule has 0 bridgehead atoms. The average molecular weight is 584 g/mol. The van der Waals surface area contributed by atoms with Crippen molar-refractivity contribution in [3.8, 4) is 5.75 Å². The first kappa shape index (κ1) is 33.5. The van der Waals surface area contributed by atoms with Gasteiger partial charge in [0.25, 0.3) is 0 Å². The maximum Gasteiger partial charge on any atom is 0.165 e. The van der Waals surface area contributed by atoms with Crippen LogP contribution in [-0.2, 0) is 15.1 Å². The number of nitrogens with one attached hydrogen (secondary N) is 1. The third-order valence-corrected chi connectivity index (χ3v) is 11.8. The van der Waals surface area contributed by atoms with E-state index in [2.05, 4.69) is 71.1 Å². The maximum absolute atomic E-state index is 13.6. The summed E-state index contributed by atoms with van der Waals surface area (Å²) in [5, 5.41) is 14.8. The highest BCUT2D eigenvalue weighted by Gasteiger charge is 2.55. The Balaban J connectivity index is 1.40. The topological polar surface area (TPSA) is 67.8 Å². The summed E-state index contributed by atoms with van der Waals surface area (Å²) in [7, 11) is 0. The number of fused-ring (bicyclic) bond motifs is 1. The Morgan fingerprint density at radius 1 is 1.10 bits per heavy atom. The fourth-order valence-electron chi connectivity index (χ4n) is 8.73. The second-order valence-corrected chi connectivity index (χ2v) is 14.9. The minimum Gasteiger partial charge on any atom is -0.494 e. The summed E-state index contributed by atoms with van der Waals surface area (Å²) in [6, 6.07) is 8.57. The maximum atomic E-state index is 13.6. The summed E-state index contributed by atoms with van der Waals surface area (Å²) < 4.78 is 12.2. The number of ether oxygens (including phenoxy) is 2. The number of ketones is 1. The van der Waals surface area contributed by atoms with Crippen LogP contribution in [0.1, 0.15) is 125 Å². The molecule has 1 aromatic carbocycles. The average Bonchev–Trinajstić information content (AvgIpc) is 3.29.